The minimum absolute atomic E-state index is 0.335. The standard InChI is InChI=1S/C19H22O/c1-14-6-5-9-18(15-7-3-2-4-8-15)19(14)16-10-12-17(20)13-11-16/h5-6,9-13,15,20H,2-4,7-8H2,1H3. The van der Waals surface area contributed by atoms with Crippen LogP contribution < -0.4 is 0 Å². The molecule has 2 aromatic carbocycles. The fraction of sp³-hybridized carbons (Fsp3) is 0.368. The van der Waals surface area contributed by atoms with Gasteiger partial charge in [-0.2, -0.15) is 0 Å². The normalized spacial score (nSPS) is 16.2. The highest BCUT2D eigenvalue weighted by atomic mass is 16.3. The van der Waals surface area contributed by atoms with Crippen LogP contribution in [0.4, 0.5) is 0 Å². The summed E-state index contributed by atoms with van der Waals surface area (Å²) >= 11 is 0. The van der Waals surface area contributed by atoms with Gasteiger partial charge in [0.15, 0.2) is 0 Å². The summed E-state index contributed by atoms with van der Waals surface area (Å²) in [6.07, 6.45) is 6.72. The fourth-order valence-corrected chi connectivity index (χ4v) is 3.47. The molecular weight excluding hydrogens is 244 g/mol. The molecule has 20 heavy (non-hydrogen) atoms. The molecule has 1 aliphatic rings. The highest BCUT2D eigenvalue weighted by Gasteiger charge is 2.19. The Morgan fingerprint density at radius 2 is 1.60 bits per heavy atom. The van der Waals surface area contributed by atoms with Gasteiger partial charge in [0.05, 0.1) is 0 Å². The van der Waals surface area contributed by atoms with Gasteiger partial charge < -0.3 is 5.11 Å². The molecule has 1 N–H and O–H groups in total. The highest BCUT2D eigenvalue weighted by molar-refractivity contribution is 5.72. The number of aromatic hydroxyl groups is 1. The number of benzene rings is 2. The van der Waals surface area contributed by atoms with Crippen LogP contribution in [0.5, 0.6) is 5.75 Å². The Bertz CT molecular complexity index is 577. The Morgan fingerprint density at radius 3 is 2.30 bits per heavy atom. The van der Waals surface area contributed by atoms with Crippen LogP contribution in [0.3, 0.4) is 0 Å². The smallest absolute Gasteiger partial charge is 0.115 e. The molecule has 0 aromatic heterocycles. The lowest BCUT2D eigenvalue weighted by atomic mass is 9.79. The van der Waals surface area contributed by atoms with Gasteiger partial charge in [-0.1, -0.05) is 49.6 Å². The molecule has 1 heteroatoms. The van der Waals surface area contributed by atoms with E-state index in [1.807, 2.05) is 12.1 Å². The van der Waals surface area contributed by atoms with Crippen molar-refractivity contribution < 1.29 is 5.11 Å². The molecule has 2 aromatic rings. The van der Waals surface area contributed by atoms with Gasteiger partial charge in [-0.25, -0.2) is 0 Å². The molecular formula is C19H22O. The zero-order valence-corrected chi connectivity index (χ0v) is 12.1. The summed E-state index contributed by atoms with van der Waals surface area (Å²) in [6, 6.07) is 14.3. The maximum Gasteiger partial charge on any atom is 0.115 e. The SMILES string of the molecule is Cc1cccc(C2CCCCC2)c1-c1ccc(O)cc1. The molecule has 1 aliphatic carbocycles. The van der Waals surface area contributed by atoms with E-state index in [0.29, 0.717) is 11.7 Å². The van der Waals surface area contributed by atoms with Gasteiger partial charge in [-0.15, -0.1) is 0 Å². The molecule has 3 rings (SSSR count). The molecule has 0 saturated heterocycles. The Kier molecular flexibility index (Phi) is 3.77. The van der Waals surface area contributed by atoms with Crippen LogP contribution in [0, 0.1) is 6.92 Å². The maximum atomic E-state index is 9.49. The van der Waals surface area contributed by atoms with Crippen LogP contribution in [0.2, 0.25) is 0 Å². The first kappa shape index (κ1) is 13.2. The number of hydrogen-bond acceptors (Lipinski definition) is 1. The number of rotatable bonds is 2. The number of phenols is 1. The van der Waals surface area contributed by atoms with Gasteiger partial charge in [-0.05, 0) is 60.1 Å². The lowest BCUT2D eigenvalue weighted by molar-refractivity contribution is 0.444. The molecule has 0 aliphatic heterocycles. The molecule has 0 atom stereocenters. The third kappa shape index (κ3) is 2.58. The van der Waals surface area contributed by atoms with Crippen molar-refractivity contribution in [1.29, 1.82) is 0 Å². The predicted molar refractivity (Wildman–Crippen MR) is 84.1 cm³/mol. The number of phenolic OH excluding ortho intramolecular Hbond substituents is 1. The molecule has 0 amide bonds. The van der Waals surface area contributed by atoms with E-state index in [2.05, 4.69) is 25.1 Å². The Labute approximate surface area is 121 Å². The van der Waals surface area contributed by atoms with E-state index in [1.54, 1.807) is 12.1 Å². The van der Waals surface area contributed by atoms with Crippen molar-refractivity contribution in [3.05, 3.63) is 53.6 Å². The first-order valence-electron chi connectivity index (χ1n) is 7.64. The molecule has 0 spiro atoms. The van der Waals surface area contributed by atoms with E-state index < -0.39 is 0 Å². The maximum absolute atomic E-state index is 9.49. The molecule has 104 valence electrons. The minimum atomic E-state index is 0.335. The molecule has 1 nitrogen and oxygen atoms in total. The van der Waals surface area contributed by atoms with E-state index >= 15 is 0 Å². The fourth-order valence-electron chi connectivity index (χ4n) is 3.47. The lowest BCUT2D eigenvalue weighted by Crippen LogP contribution is -2.06. The topological polar surface area (TPSA) is 20.2 Å². The second-order valence-corrected chi connectivity index (χ2v) is 5.92. The van der Waals surface area contributed by atoms with Crippen molar-refractivity contribution in [3.8, 4) is 16.9 Å². The van der Waals surface area contributed by atoms with Crippen LogP contribution in [0.15, 0.2) is 42.5 Å². The summed E-state index contributed by atoms with van der Waals surface area (Å²) in [7, 11) is 0. The average Bonchev–Trinajstić information content (AvgIpc) is 2.49. The zero-order chi connectivity index (χ0) is 13.9. The average molecular weight is 266 g/mol. The Hall–Kier alpha value is -1.76. The van der Waals surface area contributed by atoms with Crippen molar-refractivity contribution >= 4 is 0 Å². The van der Waals surface area contributed by atoms with E-state index in [-0.39, 0.29) is 0 Å². The first-order valence-corrected chi connectivity index (χ1v) is 7.64. The Morgan fingerprint density at radius 1 is 0.900 bits per heavy atom. The largest absolute Gasteiger partial charge is 0.508 e. The van der Waals surface area contributed by atoms with Crippen molar-refractivity contribution in [2.24, 2.45) is 0 Å². The number of aryl methyl sites for hydroxylation is 1. The van der Waals surface area contributed by atoms with Crippen LogP contribution in [0.1, 0.15) is 49.1 Å². The second-order valence-electron chi connectivity index (χ2n) is 5.92. The summed E-state index contributed by atoms with van der Waals surface area (Å²) in [5.74, 6) is 1.04. The van der Waals surface area contributed by atoms with Gasteiger partial charge in [-0.3, -0.25) is 0 Å². The van der Waals surface area contributed by atoms with Crippen molar-refractivity contribution in [3.63, 3.8) is 0 Å². The van der Waals surface area contributed by atoms with E-state index in [0.717, 1.165) is 0 Å². The van der Waals surface area contributed by atoms with Crippen molar-refractivity contribution in [2.75, 3.05) is 0 Å². The molecule has 1 saturated carbocycles. The van der Waals surface area contributed by atoms with Crippen molar-refractivity contribution in [1.82, 2.24) is 0 Å². The lowest BCUT2D eigenvalue weighted by Gasteiger charge is -2.25. The Balaban J connectivity index is 2.06. The summed E-state index contributed by atoms with van der Waals surface area (Å²) in [5.41, 5.74) is 5.43. The monoisotopic (exact) mass is 266 g/mol. The predicted octanol–water partition coefficient (Wildman–Crippen LogP) is 5.42. The molecule has 0 unspecified atom stereocenters. The zero-order valence-electron chi connectivity index (χ0n) is 12.1. The highest BCUT2D eigenvalue weighted by Crippen LogP contribution is 2.39. The van der Waals surface area contributed by atoms with Gasteiger partial charge in [0.2, 0.25) is 0 Å². The van der Waals surface area contributed by atoms with Crippen LogP contribution in [0.25, 0.3) is 11.1 Å². The summed E-state index contributed by atoms with van der Waals surface area (Å²) in [6.45, 7) is 2.19. The van der Waals surface area contributed by atoms with E-state index in [9.17, 15) is 5.11 Å². The third-order valence-electron chi connectivity index (χ3n) is 4.51. The van der Waals surface area contributed by atoms with Crippen LogP contribution in [-0.2, 0) is 0 Å². The van der Waals surface area contributed by atoms with Gasteiger partial charge in [0.1, 0.15) is 5.75 Å². The van der Waals surface area contributed by atoms with Gasteiger partial charge >= 0.3 is 0 Å². The quantitative estimate of drug-likeness (QED) is 0.770. The molecule has 0 heterocycles. The minimum Gasteiger partial charge on any atom is -0.508 e. The summed E-state index contributed by atoms with van der Waals surface area (Å²) in [4.78, 5) is 0. The molecule has 0 bridgehead atoms. The third-order valence-corrected chi connectivity index (χ3v) is 4.51. The van der Waals surface area contributed by atoms with Gasteiger partial charge in [0, 0.05) is 0 Å². The first-order chi connectivity index (χ1) is 9.75. The van der Waals surface area contributed by atoms with E-state index in [4.69, 9.17) is 0 Å². The van der Waals surface area contributed by atoms with Crippen LogP contribution >= 0.6 is 0 Å². The summed E-state index contributed by atoms with van der Waals surface area (Å²) in [5, 5.41) is 9.49. The van der Waals surface area contributed by atoms with Crippen molar-refractivity contribution in [2.45, 2.75) is 44.9 Å². The molecule has 0 radical (unpaired) electrons. The van der Waals surface area contributed by atoms with Crippen LogP contribution in [-0.4, -0.2) is 5.11 Å². The second kappa shape index (κ2) is 5.70. The molecule has 1 fully saturated rings. The summed E-state index contributed by atoms with van der Waals surface area (Å²) < 4.78 is 0. The van der Waals surface area contributed by atoms with Gasteiger partial charge in [0.25, 0.3) is 0 Å². The van der Waals surface area contributed by atoms with E-state index in [1.165, 1.54) is 54.4 Å². The number of hydrogen-bond donors (Lipinski definition) is 1.